The first-order chi connectivity index (χ1) is 19.8. The molecule has 1 fully saturated rings. The zero-order valence-corrected chi connectivity index (χ0v) is 23.4. The summed E-state index contributed by atoms with van der Waals surface area (Å²) in [5, 5.41) is 8.53. The Bertz CT molecular complexity index is 1400. The van der Waals surface area contributed by atoms with Crippen molar-refractivity contribution in [3.8, 4) is 0 Å². The zero-order valence-electron chi connectivity index (χ0n) is 22.7. The molecule has 11 heteroatoms. The van der Waals surface area contributed by atoms with E-state index < -0.39 is 23.5 Å². The summed E-state index contributed by atoms with van der Waals surface area (Å²) >= 11 is 6.28. The number of nitrogens with one attached hydrogen (secondary N) is 3. The number of likely N-dealkylation sites (tertiary alicyclic amines) is 1. The Hall–Kier alpha value is -4.41. The zero-order chi connectivity index (χ0) is 29.4. The average molecular weight is 579 g/mol. The van der Waals surface area contributed by atoms with Crippen molar-refractivity contribution in [1.82, 2.24) is 4.90 Å². The van der Waals surface area contributed by atoms with Crippen LogP contribution in [-0.4, -0.2) is 56.5 Å². The fourth-order valence-electron chi connectivity index (χ4n) is 4.95. The third-order valence-corrected chi connectivity index (χ3v) is 7.34. The summed E-state index contributed by atoms with van der Waals surface area (Å²) in [5.41, 5.74) is 2.05. The summed E-state index contributed by atoms with van der Waals surface area (Å²) in [6.07, 6.45) is 0.600. The third-order valence-electron chi connectivity index (χ3n) is 7.10. The van der Waals surface area contributed by atoms with Gasteiger partial charge in [0, 0.05) is 47.7 Å². The van der Waals surface area contributed by atoms with Crippen molar-refractivity contribution >= 4 is 53.0 Å². The lowest BCUT2D eigenvalue weighted by Crippen LogP contribution is -2.43. The van der Waals surface area contributed by atoms with Crippen LogP contribution in [0.5, 0.6) is 0 Å². The molecule has 1 aliphatic heterocycles. The lowest BCUT2D eigenvalue weighted by Gasteiger charge is -2.31. The van der Waals surface area contributed by atoms with Crippen molar-refractivity contribution in [3.63, 3.8) is 0 Å². The molecule has 1 aliphatic rings. The highest BCUT2D eigenvalue weighted by atomic mass is 35.5. The summed E-state index contributed by atoms with van der Waals surface area (Å²) in [4.78, 5) is 51.8. The second-order valence-electron chi connectivity index (χ2n) is 9.59. The Morgan fingerprint density at radius 1 is 1.00 bits per heavy atom. The molecule has 2 atom stereocenters. The van der Waals surface area contributed by atoms with Crippen LogP contribution in [0.2, 0.25) is 5.02 Å². The normalized spacial score (nSPS) is 16.9. The number of rotatable bonds is 10. The van der Waals surface area contributed by atoms with Gasteiger partial charge in [-0.1, -0.05) is 41.9 Å². The van der Waals surface area contributed by atoms with Crippen LogP contribution in [0.25, 0.3) is 0 Å². The first-order valence-electron chi connectivity index (χ1n) is 12.9. The van der Waals surface area contributed by atoms with Crippen molar-refractivity contribution < 1.29 is 28.7 Å². The fraction of sp³-hybridized carbons (Fsp3) is 0.267. The molecule has 3 aromatic carbocycles. The van der Waals surface area contributed by atoms with E-state index in [-0.39, 0.29) is 18.9 Å². The van der Waals surface area contributed by atoms with E-state index in [0.717, 1.165) is 5.56 Å². The first-order valence-corrected chi connectivity index (χ1v) is 13.3. The van der Waals surface area contributed by atoms with E-state index in [2.05, 4.69) is 20.7 Å². The molecule has 0 saturated carbocycles. The maximum atomic E-state index is 14.0. The van der Waals surface area contributed by atoms with Gasteiger partial charge in [-0.05, 0) is 54.4 Å². The van der Waals surface area contributed by atoms with Gasteiger partial charge in [0.2, 0.25) is 18.2 Å². The van der Waals surface area contributed by atoms with Gasteiger partial charge in [0.05, 0.1) is 13.7 Å². The monoisotopic (exact) mass is 578 g/mol. The molecule has 3 N–H and O–H groups in total. The molecule has 0 bridgehead atoms. The molecule has 1 saturated heterocycles. The fourth-order valence-corrected chi connectivity index (χ4v) is 5.12. The minimum atomic E-state index is -1.02. The lowest BCUT2D eigenvalue weighted by atomic mass is 9.91. The highest BCUT2D eigenvalue weighted by Crippen LogP contribution is 2.41. The molecule has 0 aliphatic carbocycles. The number of carbonyl (C=O) groups is 4. The van der Waals surface area contributed by atoms with E-state index in [4.69, 9.17) is 16.3 Å². The van der Waals surface area contributed by atoms with Gasteiger partial charge in [0.15, 0.2) is 0 Å². The van der Waals surface area contributed by atoms with Gasteiger partial charge < -0.3 is 25.0 Å². The molecule has 10 nitrogen and oxygen atoms in total. The van der Waals surface area contributed by atoms with Crippen LogP contribution in [-0.2, 0) is 35.9 Å². The Labute approximate surface area is 243 Å². The van der Waals surface area contributed by atoms with Crippen molar-refractivity contribution in [3.05, 3.63) is 88.9 Å². The number of carbonyl (C=O) groups excluding carboxylic acids is 4. The van der Waals surface area contributed by atoms with Gasteiger partial charge >= 0.3 is 6.09 Å². The first kappa shape index (κ1) is 29.6. The van der Waals surface area contributed by atoms with E-state index >= 15 is 0 Å². The standard InChI is InChI=1S/C30H31ClN4O6/c1-40-29(39)34-23-11-9-22(10-12-23)33-27(37)24(16-20-6-4-3-5-7-20)28(38)35-15-14-30(18-35,41-2)25-17-21(31)8-13-26(25)32-19-36/h3-13,17,19,24H,14-16,18H2,1-2H3,(H,32,36)(H,33,37)(H,34,39). The number of amides is 4. The van der Waals surface area contributed by atoms with Crippen LogP contribution in [0.4, 0.5) is 21.9 Å². The molecule has 41 heavy (non-hydrogen) atoms. The van der Waals surface area contributed by atoms with Gasteiger partial charge in [0.1, 0.15) is 11.5 Å². The van der Waals surface area contributed by atoms with E-state index in [1.807, 2.05) is 30.3 Å². The van der Waals surface area contributed by atoms with Gasteiger partial charge in [0.25, 0.3) is 0 Å². The third kappa shape index (κ3) is 7.03. The topological polar surface area (TPSA) is 126 Å². The molecular weight excluding hydrogens is 548 g/mol. The highest BCUT2D eigenvalue weighted by molar-refractivity contribution is 6.30. The van der Waals surface area contributed by atoms with E-state index in [1.54, 1.807) is 54.5 Å². The Kier molecular flexibility index (Phi) is 9.59. The number of benzene rings is 3. The van der Waals surface area contributed by atoms with Crippen molar-refractivity contribution in [1.29, 1.82) is 0 Å². The number of nitrogens with zero attached hydrogens (tertiary/aromatic N) is 1. The summed E-state index contributed by atoms with van der Waals surface area (Å²) in [5.74, 6) is -1.83. The van der Waals surface area contributed by atoms with Crippen LogP contribution >= 0.6 is 11.6 Å². The smallest absolute Gasteiger partial charge is 0.411 e. The quantitative estimate of drug-likeness (QED) is 0.237. The summed E-state index contributed by atoms with van der Waals surface area (Å²) in [6, 6.07) is 20.9. The molecule has 3 aromatic rings. The predicted molar refractivity (Wildman–Crippen MR) is 156 cm³/mol. The molecule has 4 rings (SSSR count). The molecule has 0 aromatic heterocycles. The maximum Gasteiger partial charge on any atom is 0.411 e. The van der Waals surface area contributed by atoms with Crippen molar-refractivity contribution in [2.75, 3.05) is 43.3 Å². The summed E-state index contributed by atoms with van der Waals surface area (Å²) in [6.45, 7) is 0.509. The molecule has 0 spiro atoms. The lowest BCUT2D eigenvalue weighted by molar-refractivity contribution is -0.140. The maximum absolute atomic E-state index is 14.0. The average Bonchev–Trinajstić information content (AvgIpc) is 3.44. The van der Waals surface area contributed by atoms with Crippen LogP contribution in [0, 0.1) is 5.92 Å². The predicted octanol–water partition coefficient (Wildman–Crippen LogP) is 4.66. The molecule has 1 heterocycles. The largest absolute Gasteiger partial charge is 0.453 e. The van der Waals surface area contributed by atoms with E-state index in [1.165, 1.54) is 7.11 Å². The van der Waals surface area contributed by atoms with Crippen LogP contribution < -0.4 is 16.0 Å². The van der Waals surface area contributed by atoms with Gasteiger partial charge in [-0.2, -0.15) is 0 Å². The second-order valence-corrected chi connectivity index (χ2v) is 10.0. The number of hydrogen-bond acceptors (Lipinski definition) is 6. The SMILES string of the molecule is COC(=O)Nc1ccc(NC(=O)C(Cc2ccccc2)C(=O)N2CCC(OC)(c3cc(Cl)ccc3NC=O)C2)cc1. The highest BCUT2D eigenvalue weighted by Gasteiger charge is 2.45. The number of halogens is 1. The minimum Gasteiger partial charge on any atom is -0.453 e. The molecule has 214 valence electrons. The summed E-state index contributed by atoms with van der Waals surface area (Å²) in [7, 11) is 2.81. The number of ether oxygens (including phenoxy) is 2. The molecule has 2 unspecified atom stereocenters. The van der Waals surface area contributed by atoms with Crippen LogP contribution in [0.3, 0.4) is 0 Å². The van der Waals surface area contributed by atoms with E-state index in [0.29, 0.717) is 47.0 Å². The van der Waals surface area contributed by atoms with Gasteiger partial charge in [-0.15, -0.1) is 0 Å². The van der Waals surface area contributed by atoms with Gasteiger partial charge in [-0.25, -0.2) is 4.79 Å². The Morgan fingerprint density at radius 3 is 2.32 bits per heavy atom. The minimum absolute atomic E-state index is 0.169. The number of methoxy groups -OCH3 is 2. The van der Waals surface area contributed by atoms with Crippen LogP contribution in [0.15, 0.2) is 72.8 Å². The van der Waals surface area contributed by atoms with Crippen molar-refractivity contribution in [2.45, 2.75) is 18.4 Å². The Morgan fingerprint density at radius 2 is 1.68 bits per heavy atom. The molecular formula is C30H31ClN4O6. The second kappa shape index (κ2) is 13.3. The van der Waals surface area contributed by atoms with Crippen molar-refractivity contribution in [2.24, 2.45) is 5.92 Å². The summed E-state index contributed by atoms with van der Waals surface area (Å²) < 4.78 is 10.6. The number of hydrogen-bond donors (Lipinski definition) is 3. The molecule has 4 amide bonds. The number of anilines is 3. The van der Waals surface area contributed by atoms with Crippen LogP contribution in [0.1, 0.15) is 17.5 Å². The van der Waals surface area contributed by atoms with E-state index in [9.17, 15) is 19.2 Å². The molecule has 0 radical (unpaired) electrons. The Balaban J connectivity index is 1.57. The van der Waals surface area contributed by atoms with Gasteiger partial charge in [-0.3, -0.25) is 19.7 Å².